The zero-order chi connectivity index (χ0) is 25.8. The van der Waals surface area contributed by atoms with Crippen molar-refractivity contribution in [3.63, 3.8) is 0 Å². The molecule has 5 aliphatic carbocycles. The molecular formula is C31H45NO3. The number of allylic oxidation sites excluding steroid dienone is 2. The van der Waals surface area contributed by atoms with E-state index in [1.807, 2.05) is 0 Å². The van der Waals surface area contributed by atoms with Crippen LogP contribution in [0.4, 0.5) is 0 Å². The van der Waals surface area contributed by atoms with Crippen LogP contribution in [-0.4, -0.2) is 22.9 Å². The number of rotatable bonds is 1. The van der Waals surface area contributed by atoms with E-state index in [4.69, 9.17) is 6.57 Å². The molecule has 5 aliphatic rings. The molecule has 0 spiro atoms. The average Bonchev–Trinajstić information content (AvgIpc) is 2.76. The van der Waals surface area contributed by atoms with Crippen molar-refractivity contribution in [1.29, 1.82) is 0 Å². The molecule has 0 aliphatic heterocycles. The normalized spacial score (nSPS) is 49.9. The van der Waals surface area contributed by atoms with E-state index < -0.39 is 22.8 Å². The van der Waals surface area contributed by atoms with E-state index in [0.29, 0.717) is 18.3 Å². The molecule has 0 aromatic heterocycles. The summed E-state index contributed by atoms with van der Waals surface area (Å²) in [5, 5.41) is 10.5. The van der Waals surface area contributed by atoms with Gasteiger partial charge in [-0.1, -0.05) is 60.1 Å². The molecule has 0 bridgehead atoms. The molecule has 8 unspecified atom stereocenters. The predicted octanol–water partition coefficient (Wildman–Crippen LogP) is 7.34. The van der Waals surface area contributed by atoms with Gasteiger partial charge in [-0.2, -0.15) is 0 Å². The molecule has 4 nitrogen and oxygen atoms in total. The highest BCUT2D eigenvalue weighted by molar-refractivity contribution is 5.92. The highest BCUT2D eigenvalue weighted by Gasteiger charge is 2.71. The van der Waals surface area contributed by atoms with Gasteiger partial charge in [0.05, 0.1) is 5.41 Å². The lowest BCUT2D eigenvalue weighted by Crippen LogP contribution is -2.66. The number of fused-ring (bicyclic) bond motifs is 7. The fourth-order valence-corrected chi connectivity index (χ4v) is 10.7. The molecular weight excluding hydrogens is 434 g/mol. The molecule has 5 rings (SSSR count). The molecule has 4 heteroatoms. The molecule has 0 heterocycles. The number of carbonyl (C=O) groups excluding carboxylic acids is 1. The smallest absolute Gasteiger partial charge is 0.310 e. The monoisotopic (exact) mass is 479 g/mol. The first kappa shape index (κ1) is 25.0. The van der Waals surface area contributed by atoms with Crippen LogP contribution in [0.1, 0.15) is 106 Å². The van der Waals surface area contributed by atoms with Gasteiger partial charge >= 0.3 is 5.97 Å². The van der Waals surface area contributed by atoms with Crippen molar-refractivity contribution < 1.29 is 14.7 Å². The van der Waals surface area contributed by atoms with Gasteiger partial charge in [-0.05, 0) is 90.8 Å². The number of hydrogen-bond acceptors (Lipinski definition) is 2. The summed E-state index contributed by atoms with van der Waals surface area (Å²) in [5.41, 5.74) is 0.496. The van der Waals surface area contributed by atoms with E-state index in [0.717, 1.165) is 51.4 Å². The molecule has 0 aromatic carbocycles. The Kier molecular flexibility index (Phi) is 5.17. The predicted molar refractivity (Wildman–Crippen MR) is 137 cm³/mol. The number of carboxylic acids is 1. The van der Waals surface area contributed by atoms with E-state index in [1.165, 1.54) is 5.57 Å². The van der Waals surface area contributed by atoms with Crippen molar-refractivity contribution in [2.24, 2.45) is 50.2 Å². The SMILES string of the molecule is [C-]#[N+]C1CC2(C)C(CCC3(C)C2CC=C2C4CC(C)(C)CCC4(C(=O)O)CCC23C)C(C)(C)C1=O. The zero-order valence-electron chi connectivity index (χ0n) is 23.0. The highest BCUT2D eigenvalue weighted by atomic mass is 16.4. The van der Waals surface area contributed by atoms with Gasteiger partial charge in [0.15, 0.2) is 0 Å². The number of Topliss-reactive ketones (excluding diaryl/α,β-unsaturated/α-hetero) is 1. The standard InChI is InChI=1S/C31H45NO3/c1-26(2)13-15-31(25(34)35)16-14-29(6)19(20(31)17-26)9-10-23-28(5)18-21(32-8)24(33)27(3,4)22(28)11-12-30(23,29)7/h9,20-23H,10-18H2,1-7H3,(H,34,35). The first-order valence-electron chi connectivity index (χ1n) is 13.9. The Morgan fingerprint density at radius 2 is 1.63 bits per heavy atom. The Morgan fingerprint density at radius 3 is 2.26 bits per heavy atom. The Bertz CT molecular complexity index is 1050. The second-order valence-corrected chi connectivity index (χ2v) is 15.1. The van der Waals surface area contributed by atoms with E-state index >= 15 is 0 Å². The molecule has 192 valence electrons. The lowest BCUT2D eigenvalue weighted by atomic mass is 9.33. The van der Waals surface area contributed by atoms with Crippen molar-refractivity contribution >= 4 is 11.8 Å². The van der Waals surface area contributed by atoms with Gasteiger partial charge in [-0.3, -0.25) is 9.59 Å². The third-order valence-corrected chi connectivity index (χ3v) is 12.9. The molecule has 0 amide bonds. The quantitative estimate of drug-likeness (QED) is 0.316. The van der Waals surface area contributed by atoms with Gasteiger partial charge in [0.1, 0.15) is 0 Å². The molecule has 0 aromatic rings. The number of carbonyl (C=O) groups is 2. The summed E-state index contributed by atoms with van der Waals surface area (Å²) >= 11 is 0. The second-order valence-electron chi connectivity index (χ2n) is 15.1. The van der Waals surface area contributed by atoms with Crippen LogP contribution >= 0.6 is 0 Å². The minimum absolute atomic E-state index is 0.0276. The maximum Gasteiger partial charge on any atom is 0.310 e. The number of aliphatic carboxylic acids is 1. The summed E-state index contributed by atoms with van der Waals surface area (Å²) in [6.07, 6.45) is 10.7. The average molecular weight is 480 g/mol. The van der Waals surface area contributed by atoms with Crippen molar-refractivity contribution in [3.8, 4) is 0 Å². The van der Waals surface area contributed by atoms with Crippen LogP contribution in [-0.2, 0) is 9.59 Å². The summed E-state index contributed by atoms with van der Waals surface area (Å²) in [4.78, 5) is 29.9. The van der Waals surface area contributed by atoms with E-state index in [1.54, 1.807) is 0 Å². The Hall–Kier alpha value is -1.63. The minimum atomic E-state index is -0.612. The molecule has 0 radical (unpaired) electrons. The second kappa shape index (κ2) is 7.23. The zero-order valence-corrected chi connectivity index (χ0v) is 23.0. The number of carboxylic acid groups (broad SMARTS) is 1. The lowest BCUT2D eigenvalue weighted by molar-refractivity contribution is -0.189. The summed E-state index contributed by atoms with van der Waals surface area (Å²) in [7, 11) is 0. The first-order valence-corrected chi connectivity index (χ1v) is 13.9. The fraction of sp³-hybridized carbons (Fsp3) is 0.839. The molecule has 0 saturated heterocycles. The van der Waals surface area contributed by atoms with Gasteiger partial charge in [0.2, 0.25) is 5.78 Å². The first-order chi connectivity index (χ1) is 16.1. The Balaban J connectivity index is 1.62. The number of nitrogens with zero attached hydrogens (tertiary/aromatic N) is 1. The maximum absolute atomic E-state index is 13.2. The molecule has 1 N–H and O–H groups in total. The summed E-state index contributed by atoms with van der Waals surface area (Å²) in [6.45, 7) is 24.0. The maximum atomic E-state index is 13.2. The summed E-state index contributed by atoms with van der Waals surface area (Å²) < 4.78 is 0. The minimum Gasteiger partial charge on any atom is -0.481 e. The van der Waals surface area contributed by atoms with Crippen LogP contribution in [0.5, 0.6) is 0 Å². The number of hydrogen-bond donors (Lipinski definition) is 1. The van der Waals surface area contributed by atoms with Gasteiger partial charge in [0.25, 0.3) is 6.04 Å². The van der Waals surface area contributed by atoms with Crippen LogP contribution in [0.15, 0.2) is 11.6 Å². The topological polar surface area (TPSA) is 58.7 Å². The van der Waals surface area contributed by atoms with Gasteiger partial charge < -0.3 is 9.95 Å². The van der Waals surface area contributed by atoms with Gasteiger partial charge in [-0.15, -0.1) is 0 Å². The van der Waals surface area contributed by atoms with Crippen molar-refractivity contribution in [3.05, 3.63) is 23.1 Å². The van der Waals surface area contributed by atoms with E-state index in [2.05, 4.69) is 59.4 Å². The third kappa shape index (κ3) is 2.96. The van der Waals surface area contributed by atoms with Crippen LogP contribution in [0, 0.1) is 56.8 Å². The summed E-state index contributed by atoms with van der Waals surface area (Å²) in [6, 6.07) is -0.531. The van der Waals surface area contributed by atoms with Crippen LogP contribution in [0.2, 0.25) is 0 Å². The van der Waals surface area contributed by atoms with E-state index in [-0.39, 0.29) is 33.4 Å². The Labute approximate surface area is 212 Å². The molecule has 4 fully saturated rings. The largest absolute Gasteiger partial charge is 0.481 e. The van der Waals surface area contributed by atoms with E-state index in [9.17, 15) is 14.7 Å². The Morgan fingerprint density at radius 1 is 0.971 bits per heavy atom. The molecule has 35 heavy (non-hydrogen) atoms. The highest BCUT2D eigenvalue weighted by Crippen LogP contribution is 2.75. The number of ketones is 1. The molecule has 4 saturated carbocycles. The fourth-order valence-electron chi connectivity index (χ4n) is 10.7. The third-order valence-electron chi connectivity index (χ3n) is 12.9. The molecule has 8 atom stereocenters. The van der Waals surface area contributed by atoms with Crippen molar-refractivity contribution in [1.82, 2.24) is 0 Å². The van der Waals surface area contributed by atoms with Crippen LogP contribution in [0.3, 0.4) is 0 Å². The summed E-state index contributed by atoms with van der Waals surface area (Å²) in [5.74, 6) is 0.383. The lowest BCUT2D eigenvalue weighted by Gasteiger charge is -2.70. The van der Waals surface area contributed by atoms with Crippen LogP contribution < -0.4 is 0 Å². The van der Waals surface area contributed by atoms with Crippen LogP contribution in [0.25, 0.3) is 4.85 Å². The van der Waals surface area contributed by atoms with Gasteiger partial charge in [0, 0.05) is 11.8 Å². The van der Waals surface area contributed by atoms with Crippen molar-refractivity contribution in [2.45, 2.75) is 112 Å². The van der Waals surface area contributed by atoms with Crippen molar-refractivity contribution in [2.75, 3.05) is 0 Å². The van der Waals surface area contributed by atoms with Gasteiger partial charge in [-0.25, -0.2) is 6.57 Å².